The van der Waals surface area contributed by atoms with Crippen LogP contribution in [0.25, 0.3) is 0 Å². The van der Waals surface area contributed by atoms with Crippen LogP contribution in [0, 0.1) is 5.82 Å². The quantitative estimate of drug-likeness (QED) is 0.301. The summed E-state index contributed by atoms with van der Waals surface area (Å²) in [7, 11) is -2.85. The molecule has 12 heteroatoms. The number of nitrogens with zero attached hydrogens (tertiary/aromatic N) is 2. The van der Waals surface area contributed by atoms with Crippen molar-refractivity contribution in [3.63, 3.8) is 0 Å². The number of hydrogen-bond donors (Lipinski definition) is 1. The van der Waals surface area contributed by atoms with Crippen molar-refractivity contribution in [1.82, 2.24) is 10.2 Å². The van der Waals surface area contributed by atoms with E-state index in [9.17, 15) is 22.4 Å². The Hall–Kier alpha value is -3.34. The van der Waals surface area contributed by atoms with Crippen molar-refractivity contribution in [3.8, 4) is 5.75 Å². The maximum Gasteiger partial charge on any atom is 0.264 e. The van der Waals surface area contributed by atoms with Gasteiger partial charge in [-0.3, -0.25) is 13.9 Å². The lowest BCUT2D eigenvalue weighted by Crippen LogP contribution is -2.51. The van der Waals surface area contributed by atoms with Crippen LogP contribution >= 0.6 is 23.2 Å². The monoisotopic (exact) mass is 609 g/mol. The van der Waals surface area contributed by atoms with E-state index in [2.05, 4.69) is 5.32 Å². The summed E-state index contributed by atoms with van der Waals surface area (Å²) < 4.78 is 47.7. The third-order valence-corrected chi connectivity index (χ3v) is 8.61. The summed E-state index contributed by atoms with van der Waals surface area (Å²) in [4.78, 5) is 27.8. The van der Waals surface area contributed by atoms with Gasteiger partial charge in [-0.2, -0.15) is 0 Å². The number of anilines is 1. The van der Waals surface area contributed by atoms with Gasteiger partial charge in [0.1, 0.15) is 24.2 Å². The molecule has 0 unspecified atom stereocenters. The van der Waals surface area contributed by atoms with Crippen LogP contribution < -0.4 is 14.4 Å². The van der Waals surface area contributed by atoms with Gasteiger partial charge in [0.15, 0.2) is 0 Å². The Balaban J connectivity index is 2.05. The van der Waals surface area contributed by atoms with Crippen LogP contribution in [0.2, 0.25) is 10.0 Å². The Morgan fingerprint density at radius 1 is 0.975 bits per heavy atom. The Kier molecular flexibility index (Phi) is 10.8. The van der Waals surface area contributed by atoms with Gasteiger partial charge in [-0.25, -0.2) is 12.8 Å². The fraction of sp³-hybridized carbons (Fsp3) is 0.286. The summed E-state index contributed by atoms with van der Waals surface area (Å²) in [6.07, 6.45) is 0.259. The number of carbonyl (C=O) groups excluding carboxylic acids is 2. The molecule has 2 amide bonds. The van der Waals surface area contributed by atoms with Crippen molar-refractivity contribution < 1.29 is 27.1 Å². The molecule has 1 N–H and O–H groups in total. The summed E-state index contributed by atoms with van der Waals surface area (Å²) in [6.45, 7) is 3.25. The highest BCUT2D eigenvalue weighted by molar-refractivity contribution is 7.92. The van der Waals surface area contributed by atoms with Crippen LogP contribution in [0.5, 0.6) is 5.75 Å². The lowest BCUT2D eigenvalue weighted by atomic mass is 10.1. The summed E-state index contributed by atoms with van der Waals surface area (Å²) in [5.74, 6) is -1.16. The second kappa shape index (κ2) is 13.8. The molecule has 0 saturated heterocycles. The van der Waals surface area contributed by atoms with Gasteiger partial charge in [-0.15, -0.1) is 0 Å². The fourth-order valence-electron chi connectivity index (χ4n) is 4.06. The van der Waals surface area contributed by atoms with Gasteiger partial charge in [0, 0.05) is 13.6 Å². The molecule has 0 radical (unpaired) electrons. The van der Waals surface area contributed by atoms with Gasteiger partial charge < -0.3 is 15.0 Å². The Bertz CT molecular complexity index is 1440. The predicted octanol–water partition coefficient (Wildman–Crippen LogP) is 5.28. The fourth-order valence-corrected chi connectivity index (χ4v) is 5.79. The van der Waals surface area contributed by atoms with E-state index in [4.69, 9.17) is 27.9 Å². The van der Waals surface area contributed by atoms with Crippen molar-refractivity contribution >= 4 is 50.7 Å². The predicted molar refractivity (Wildman–Crippen MR) is 154 cm³/mol. The summed E-state index contributed by atoms with van der Waals surface area (Å²) in [6, 6.07) is 14.4. The molecule has 3 aromatic rings. The van der Waals surface area contributed by atoms with Gasteiger partial charge in [0.05, 0.1) is 27.2 Å². The molecule has 0 aliphatic heterocycles. The third-order valence-electron chi connectivity index (χ3n) is 6.09. The van der Waals surface area contributed by atoms with Crippen LogP contribution in [0.1, 0.15) is 25.8 Å². The number of likely N-dealkylation sites (N-methyl/N-ethyl adjacent to an activating group) is 1. The van der Waals surface area contributed by atoms with Gasteiger partial charge in [0.2, 0.25) is 11.8 Å². The van der Waals surface area contributed by atoms with E-state index >= 15 is 0 Å². The number of ether oxygens (including phenoxy) is 1. The highest BCUT2D eigenvalue weighted by Gasteiger charge is 2.33. The summed E-state index contributed by atoms with van der Waals surface area (Å²) in [5, 5.41) is 3.15. The first-order valence-electron chi connectivity index (χ1n) is 12.5. The Labute approximate surface area is 243 Å². The number of amides is 2. The molecular weight excluding hydrogens is 580 g/mol. The van der Waals surface area contributed by atoms with Crippen LogP contribution in [-0.2, 0) is 26.2 Å². The average Bonchev–Trinajstić information content (AvgIpc) is 2.94. The molecule has 0 bridgehead atoms. The molecule has 3 rings (SSSR count). The highest BCUT2D eigenvalue weighted by Crippen LogP contribution is 2.27. The van der Waals surface area contributed by atoms with E-state index in [1.54, 1.807) is 32.0 Å². The lowest BCUT2D eigenvalue weighted by molar-refractivity contribution is -0.140. The minimum Gasteiger partial charge on any atom is -0.494 e. The molecule has 0 aliphatic rings. The standard InChI is InChI=1S/C28H30Cl2FN3O5S/c1-4-26(28(36)32-3)33(17-19-6-15-24(29)25(30)16-19)27(35)18-34(21-9-7-20(31)8-10-21)40(37,38)23-13-11-22(12-14-23)39-5-2/h6-16,26H,4-5,17-18H2,1-3H3,(H,32,36)/t26-/m0/s1. The molecule has 0 saturated carbocycles. The average molecular weight is 611 g/mol. The van der Waals surface area contributed by atoms with Crippen molar-refractivity contribution in [1.29, 1.82) is 0 Å². The number of carbonyl (C=O) groups is 2. The molecule has 0 spiro atoms. The number of hydrogen-bond acceptors (Lipinski definition) is 5. The van der Waals surface area contributed by atoms with Gasteiger partial charge >= 0.3 is 0 Å². The van der Waals surface area contributed by atoms with E-state index < -0.39 is 40.2 Å². The van der Waals surface area contributed by atoms with E-state index in [1.165, 1.54) is 48.3 Å². The van der Waals surface area contributed by atoms with Crippen molar-refractivity contribution in [3.05, 3.63) is 88.2 Å². The van der Waals surface area contributed by atoms with Crippen LogP contribution in [-0.4, -0.2) is 51.4 Å². The normalized spacial score (nSPS) is 11.9. The van der Waals surface area contributed by atoms with E-state index in [0.29, 0.717) is 22.9 Å². The molecule has 0 aliphatic carbocycles. The number of sulfonamides is 1. The first kappa shape index (κ1) is 31.2. The first-order chi connectivity index (χ1) is 19.0. The number of rotatable bonds is 12. The molecular formula is C28H30Cl2FN3O5S. The topological polar surface area (TPSA) is 96.0 Å². The SMILES string of the molecule is CCOc1ccc(S(=O)(=O)N(CC(=O)N(Cc2ccc(Cl)c(Cl)c2)[C@@H](CC)C(=O)NC)c2ccc(F)cc2)cc1. The van der Waals surface area contributed by atoms with Crippen molar-refractivity contribution in [2.45, 2.75) is 37.8 Å². The zero-order valence-corrected chi connectivity index (χ0v) is 24.6. The molecule has 8 nitrogen and oxygen atoms in total. The maximum absolute atomic E-state index is 13.9. The summed E-state index contributed by atoms with van der Waals surface area (Å²) >= 11 is 12.2. The Morgan fingerprint density at radius 3 is 2.17 bits per heavy atom. The lowest BCUT2D eigenvalue weighted by Gasteiger charge is -2.33. The molecule has 40 heavy (non-hydrogen) atoms. The highest BCUT2D eigenvalue weighted by atomic mass is 35.5. The second-order valence-electron chi connectivity index (χ2n) is 8.70. The molecule has 214 valence electrons. The minimum absolute atomic E-state index is 0.0397. The molecule has 0 heterocycles. The third kappa shape index (κ3) is 7.44. The largest absolute Gasteiger partial charge is 0.494 e. The first-order valence-corrected chi connectivity index (χ1v) is 14.7. The van der Waals surface area contributed by atoms with Crippen LogP contribution in [0.3, 0.4) is 0 Å². The van der Waals surface area contributed by atoms with Crippen LogP contribution in [0.15, 0.2) is 71.6 Å². The smallest absolute Gasteiger partial charge is 0.264 e. The van der Waals surface area contributed by atoms with Gasteiger partial charge in [-0.1, -0.05) is 36.2 Å². The maximum atomic E-state index is 13.9. The number of halogens is 3. The van der Waals surface area contributed by atoms with Crippen molar-refractivity contribution in [2.24, 2.45) is 0 Å². The van der Waals surface area contributed by atoms with Crippen molar-refractivity contribution in [2.75, 3.05) is 24.5 Å². The van der Waals surface area contributed by atoms with E-state index in [1.807, 2.05) is 0 Å². The minimum atomic E-state index is -4.30. The van der Waals surface area contributed by atoms with Gasteiger partial charge in [0.25, 0.3) is 10.0 Å². The molecule has 0 fully saturated rings. The molecule has 0 aromatic heterocycles. The number of nitrogens with one attached hydrogen (secondary N) is 1. The molecule has 1 atom stereocenters. The zero-order valence-electron chi connectivity index (χ0n) is 22.2. The number of benzene rings is 3. The second-order valence-corrected chi connectivity index (χ2v) is 11.4. The van der Waals surface area contributed by atoms with E-state index in [0.717, 1.165) is 16.4 Å². The van der Waals surface area contributed by atoms with E-state index in [-0.39, 0.29) is 28.6 Å². The zero-order chi connectivity index (χ0) is 29.4. The van der Waals surface area contributed by atoms with Gasteiger partial charge in [-0.05, 0) is 79.6 Å². The van der Waals surface area contributed by atoms with Crippen LogP contribution in [0.4, 0.5) is 10.1 Å². The molecule has 3 aromatic carbocycles. The summed E-state index contributed by atoms with van der Waals surface area (Å²) in [5.41, 5.74) is 0.666. The Morgan fingerprint density at radius 2 is 1.62 bits per heavy atom.